The Balaban J connectivity index is 2.30. The van der Waals surface area contributed by atoms with E-state index in [-0.39, 0.29) is 5.60 Å². The van der Waals surface area contributed by atoms with Crippen LogP contribution >= 0.6 is 0 Å². The van der Waals surface area contributed by atoms with Crippen molar-refractivity contribution in [1.29, 1.82) is 0 Å². The van der Waals surface area contributed by atoms with Crippen molar-refractivity contribution in [1.82, 2.24) is 5.32 Å². The molecule has 0 unspecified atom stereocenters. The van der Waals surface area contributed by atoms with Crippen molar-refractivity contribution in [3.63, 3.8) is 0 Å². The average Bonchev–Trinajstić information content (AvgIpc) is 2.75. The molecular formula is C12H19NO2. The van der Waals surface area contributed by atoms with Crippen LogP contribution in [-0.2, 0) is 10.3 Å². The van der Waals surface area contributed by atoms with E-state index >= 15 is 0 Å². The fraction of sp³-hybridized carbons (Fsp3) is 0.667. The number of rotatable bonds is 3. The van der Waals surface area contributed by atoms with Crippen LogP contribution in [0.5, 0.6) is 0 Å². The number of piperidine rings is 1. The molecule has 1 aliphatic heterocycles. The van der Waals surface area contributed by atoms with Gasteiger partial charge in [-0.2, -0.15) is 0 Å². The van der Waals surface area contributed by atoms with E-state index in [1.54, 1.807) is 6.26 Å². The predicted molar refractivity (Wildman–Crippen MR) is 58.7 cm³/mol. The number of hydrogen-bond donors (Lipinski definition) is 1. The average molecular weight is 209 g/mol. The highest BCUT2D eigenvalue weighted by atomic mass is 16.5. The SMILES string of the molecule is CCO[C@@]1(c2ccco2)CCNC[C@@H]1C. The van der Waals surface area contributed by atoms with Crippen molar-refractivity contribution < 1.29 is 9.15 Å². The van der Waals surface area contributed by atoms with Crippen LogP contribution in [0.2, 0.25) is 0 Å². The van der Waals surface area contributed by atoms with Gasteiger partial charge in [0.25, 0.3) is 0 Å². The number of furan rings is 1. The standard InChI is InChI=1S/C12H19NO2/c1-3-15-12(11-5-4-8-14-11)6-7-13-9-10(12)2/h4-5,8,10,13H,3,6-7,9H2,1-2H3/t10-,12-/m0/s1. The van der Waals surface area contributed by atoms with Crippen LogP contribution in [0.1, 0.15) is 26.0 Å². The van der Waals surface area contributed by atoms with Crippen LogP contribution < -0.4 is 5.32 Å². The fourth-order valence-electron chi connectivity index (χ4n) is 2.43. The summed E-state index contributed by atoms with van der Waals surface area (Å²) in [6, 6.07) is 3.96. The van der Waals surface area contributed by atoms with E-state index < -0.39 is 0 Å². The molecule has 84 valence electrons. The van der Waals surface area contributed by atoms with Gasteiger partial charge in [0.15, 0.2) is 0 Å². The summed E-state index contributed by atoms with van der Waals surface area (Å²) in [5.41, 5.74) is -0.219. The molecule has 3 nitrogen and oxygen atoms in total. The maximum absolute atomic E-state index is 5.99. The van der Waals surface area contributed by atoms with Gasteiger partial charge in [0.2, 0.25) is 0 Å². The highest BCUT2D eigenvalue weighted by molar-refractivity contribution is 5.13. The van der Waals surface area contributed by atoms with E-state index in [0.29, 0.717) is 5.92 Å². The van der Waals surface area contributed by atoms with Crippen LogP contribution in [-0.4, -0.2) is 19.7 Å². The van der Waals surface area contributed by atoms with Gasteiger partial charge in [-0.15, -0.1) is 0 Å². The second-order valence-corrected chi connectivity index (χ2v) is 4.15. The third kappa shape index (κ3) is 1.82. The van der Waals surface area contributed by atoms with Crippen LogP contribution in [0.15, 0.2) is 22.8 Å². The summed E-state index contributed by atoms with van der Waals surface area (Å²) in [5.74, 6) is 1.41. The summed E-state index contributed by atoms with van der Waals surface area (Å²) in [4.78, 5) is 0. The van der Waals surface area contributed by atoms with E-state index in [1.807, 2.05) is 19.1 Å². The van der Waals surface area contributed by atoms with Gasteiger partial charge in [-0.05, 0) is 32.0 Å². The van der Waals surface area contributed by atoms with Crippen molar-refractivity contribution in [2.45, 2.75) is 25.9 Å². The van der Waals surface area contributed by atoms with Gasteiger partial charge in [0.1, 0.15) is 11.4 Å². The minimum Gasteiger partial charge on any atom is -0.466 e. The first-order valence-electron chi connectivity index (χ1n) is 5.68. The van der Waals surface area contributed by atoms with Crippen molar-refractivity contribution in [3.05, 3.63) is 24.2 Å². The molecular weight excluding hydrogens is 190 g/mol. The highest BCUT2D eigenvalue weighted by Gasteiger charge is 2.42. The molecule has 0 aliphatic carbocycles. The predicted octanol–water partition coefficient (Wildman–Crippen LogP) is 2.14. The van der Waals surface area contributed by atoms with Crippen LogP contribution in [0.25, 0.3) is 0 Å². The summed E-state index contributed by atoms with van der Waals surface area (Å²) in [5, 5.41) is 3.39. The Bertz CT molecular complexity index is 293. The zero-order valence-corrected chi connectivity index (χ0v) is 9.45. The molecule has 15 heavy (non-hydrogen) atoms. The molecule has 0 radical (unpaired) electrons. The maximum atomic E-state index is 5.99. The smallest absolute Gasteiger partial charge is 0.135 e. The van der Waals surface area contributed by atoms with Crippen LogP contribution in [0.3, 0.4) is 0 Å². The lowest BCUT2D eigenvalue weighted by atomic mass is 9.80. The zero-order valence-electron chi connectivity index (χ0n) is 9.45. The fourth-order valence-corrected chi connectivity index (χ4v) is 2.43. The Kier molecular flexibility index (Phi) is 3.12. The Morgan fingerprint density at radius 2 is 2.53 bits per heavy atom. The van der Waals surface area contributed by atoms with E-state index in [4.69, 9.17) is 9.15 Å². The Labute approximate surface area is 90.8 Å². The summed E-state index contributed by atoms with van der Waals surface area (Å²) >= 11 is 0. The number of hydrogen-bond acceptors (Lipinski definition) is 3. The van der Waals surface area contributed by atoms with Gasteiger partial charge >= 0.3 is 0 Å². The summed E-state index contributed by atoms with van der Waals surface area (Å²) in [6.45, 7) is 6.96. The van der Waals surface area contributed by atoms with E-state index in [1.165, 1.54) is 0 Å². The van der Waals surface area contributed by atoms with Crippen molar-refractivity contribution in [3.8, 4) is 0 Å². The molecule has 1 fully saturated rings. The van der Waals surface area contributed by atoms with E-state index in [2.05, 4.69) is 12.2 Å². The van der Waals surface area contributed by atoms with Gasteiger partial charge in [-0.1, -0.05) is 6.92 Å². The monoisotopic (exact) mass is 209 g/mol. The minimum absolute atomic E-state index is 0.219. The van der Waals surface area contributed by atoms with Gasteiger partial charge in [0.05, 0.1) is 6.26 Å². The summed E-state index contributed by atoms with van der Waals surface area (Å²) in [7, 11) is 0. The van der Waals surface area contributed by atoms with Gasteiger partial charge in [-0.25, -0.2) is 0 Å². The first-order valence-corrected chi connectivity index (χ1v) is 5.68. The third-order valence-corrected chi connectivity index (χ3v) is 3.26. The molecule has 1 aromatic rings. The number of nitrogens with one attached hydrogen (secondary N) is 1. The normalized spacial score (nSPS) is 31.7. The molecule has 1 aliphatic rings. The largest absolute Gasteiger partial charge is 0.466 e. The van der Waals surface area contributed by atoms with E-state index in [0.717, 1.165) is 31.9 Å². The molecule has 0 saturated carbocycles. The molecule has 0 spiro atoms. The lowest BCUT2D eigenvalue weighted by molar-refractivity contribution is -0.113. The maximum Gasteiger partial charge on any atom is 0.135 e. The molecule has 2 rings (SSSR count). The molecule has 0 amide bonds. The Morgan fingerprint density at radius 3 is 3.13 bits per heavy atom. The second-order valence-electron chi connectivity index (χ2n) is 4.15. The lowest BCUT2D eigenvalue weighted by Gasteiger charge is -2.41. The molecule has 1 aromatic heterocycles. The summed E-state index contributed by atoms with van der Waals surface area (Å²) < 4.78 is 11.5. The molecule has 2 heterocycles. The quantitative estimate of drug-likeness (QED) is 0.828. The molecule has 1 N–H and O–H groups in total. The van der Waals surface area contributed by atoms with Crippen molar-refractivity contribution >= 4 is 0 Å². The molecule has 0 bridgehead atoms. The molecule has 0 aromatic carbocycles. The van der Waals surface area contributed by atoms with Crippen molar-refractivity contribution in [2.75, 3.05) is 19.7 Å². The highest BCUT2D eigenvalue weighted by Crippen LogP contribution is 2.38. The molecule has 2 atom stereocenters. The first-order chi connectivity index (χ1) is 7.29. The van der Waals surface area contributed by atoms with Crippen LogP contribution in [0, 0.1) is 5.92 Å². The molecule has 3 heteroatoms. The molecule has 1 saturated heterocycles. The lowest BCUT2D eigenvalue weighted by Crippen LogP contribution is -2.48. The van der Waals surface area contributed by atoms with Gasteiger partial charge in [-0.3, -0.25) is 0 Å². The topological polar surface area (TPSA) is 34.4 Å². The van der Waals surface area contributed by atoms with Gasteiger partial charge in [0, 0.05) is 19.1 Å². The first kappa shape index (κ1) is 10.7. The van der Waals surface area contributed by atoms with Gasteiger partial charge < -0.3 is 14.5 Å². The second kappa shape index (κ2) is 4.37. The van der Waals surface area contributed by atoms with Crippen LogP contribution in [0.4, 0.5) is 0 Å². The van der Waals surface area contributed by atoms with Crippen molar-refractivity contribution in [2.24, 2.45) is 5.92 Å². The Hall–Kier alpha value is -0.800. The summed E-state index contributed by atoms with van der Waals surface area (Å²) in [6.07, 6.45) is 2.71. The van der Waals surface area contributed by atoms with E-state index in [9.17, 15) is 0 Å². The Morgan fingerprint density at radius 1 is 1.67 bits per heavy atom. The third-order valence-electron chi connectivity index (χ3n) is 3.26. The number of ether oxygens (including phenoxy) is 1. The zero-order chi connectivity index (χ0) is 10.7. The minimum atomic E-state index is -0.219.